The molecule has 1 aromatic heterocycles. The van der Waals surface area contributed by atoms with Crippen molar-refractivity contribution in [3.63, 3.8) is 0 Å². The van der Waals surface area contributed by atoms with E-state index < -0.39 is 0 Å². The summed E-state index contributed by atoms with van der Waals surface area (Å²) in [4.78, 5) is 17.8. The summed E-state index contributed by atoms with van der Waals surface area (Å²) < 4.78 is 0. The van der Waals surface area contributed by atoms with E-state index in [1.165, 1.54) is 24.7 Å². The van der Waals surface area contributed by atoms with Gasteiger partial charge in [-0.2, -0.15) is 0 Å². The molecule has 5 nitrogen and oxygen atoms in total. The Morgan fingerprint density at radius 3 is 3.17 bits per heavy atom. The SMILES string of the molecule is CCN(Cc1csc(NC(C)=O)n1)C1CCNC1. The smallest absolute Gasteiger partial charge is 0.223 e. The molecule has 1 atom stereocenters. The molecule has 1 saturated heterocycles. The average Bonchev–Trinajstić information content (AvgIpc) is 2.96. The first-order chi connectivity index (χ1) is 8.69. The van der Waals surface area contributed by atoms with Gasteiger partial charge in [0, 0.05) is 31.4 Å². The van der Waals surface area contributed by atoms with Crippen LogP contribution in [0.1, 0.15) is 26.0 Å². The van der Waals surface area contributed by atoms with E-state index in [0.717, 1.165) is 31.9 Å². The van der Waals surface area contributed by atoms with Crippen molar-refractivity contribution >= 4 is 22.4 Å². The number of nitrogens with zero attached hydrogens (tertiary/aromatic N) is 2. The van der Waals surface area contributed by atoms with Gasteiger partial charge in [0.1, 0.15) is 0 Å². The summed E-state index contributed by atoms with van der Waals surface area (Å²) in [5, 5.41) is 8.83. The lowest BCUT2D eigenvalue weighted by Crippen LogP contribution is -2.36. The molecule has 0 radical (unpaired) electrons. The van der Waals surface area contributed by atoms with Gasteiger partial charge in [0.2, 0.25) is 5.91 Å². The molecule has 0 saturated carbocycles. The molecule has 6 heteroatoms. The van der Waals surface area contributed by atoms with Gasteiger partial charge in [0.15, 0.2) is 5.13 Å². The number of amides is 1. The second kappa shape index (κ2) is 6.26. The summed E-state index contributed by atoms with van der Waals surface area (Å²) in [6.07, 6.45) is 1.20. The summed E-state index contributed by atoms with van der Waals surface area (Å²) in [7, 11) is 0. The van der Waals surface area contributed by atoms with Gasteiger partial charge in [0.25, 0.3) is 0 Å². The summed E-state index contributed by atoms with van der Waals surface area (Å²) in [6, 6.07) is 0.612. The van der Waals surface area contributed by atoms with Crippen molar-refractivity contribution < 1.29 is 4.79 Å². The second-order valence-electron chi connectivity index (χ2n) is 4.53. The highest BCUT2D eigenvalue weighted by Gasteiger charge is 2.21. The summed E-state index contributed by atoms with van der Waals surface area (Å²) in [6.45, 7) is 7.74. The molecule has 1 unspecified atom stereocenters. The highest BCUT2D eigenvalue weighted by Crippen LogP contribution is 2.18. The van der Waals surface area contributed by atoms with Crippen LogP contribution in [-0.2, 0) is 11.3 Å². The van der Waals surface area contributed by atoms with Gasteiger partial charge in [-0.25, -0.2) is 4.98 Å². The van der Waals surface area contributed by atoms with Crippen LogP contribution in [0.25, 0.3) is 0 Å². The van der Waals surface area contributed by atoms with Crippen molar-refractivity contribution in [1.29, 1.82) is 0 Å². The maximum atomic E-state index is 10.9. The molecule has 100 valence electrons. The van der Waals surface area contributed by atoms with Crippen molar-refractivity contribution in [1.82, 2.24) is 15.2 Å². The zero-order valence-electron chi connectivity index (χ0n) is 10.9. The monoisotopic (exact) mass is 268 g/mol. The van der Waals surface area contributed by atoms with Gasteiger partial charge < -0.3 is 10.6 Å². The first-order valence-corrected chi connectivity index (χ1v) is 7.23. The summed E-state index contributed by atoms with van der Waals surface area (Å²) in [5.74, 6) is -0.0664. The van der Waals surface area contributed by atoms with E-state index in [2.05, 4.69) is 27.4 Å². The first-order valence-electron chi connectivity index (χ1n) is 6.35. The number of likely N-dealkylation sites (N-methyl/N-ethyl adjacent to an activating group) is 1. The lowest BCUT2D eigenvalue weighted by atomic mass is 10.2. The Morgan fingerprint density at radius 1 is 1.72 bits per heavy atom. The molecule has 2 heterocycles. The third-order valence-electron chi connectivity index (χ3n) is 3.16. The van der Waals surface area contributed by atoms with Crippen LogP contribution in [0.4, 0.5) is 5.13 Å². The van der Waals surface area contributed by atoms with Crippen molar-refractivity contribution in [2.45, 2.75) is 32.9 Å². The minimum Gasteiger partial charge on any atom is -0.315 e. The third kappa shape index (κ3) is 3.51. The van der Waals surface area contributed by atoms with Crippen LogP contribution in [-0.4, -0.2) is 41.5 Å². The van der Waals surface area contributed by atoms with Crippen LogP contribution in [0.3, 0.4) is 0 Å². The van der Waals surface area contributed by atoms with E-state index in [1.807, 2.05) is 5.38 Å². The molecule has 1 amide bonds. The van der Waals surface area contributed by atoms with Crippen LogP contribution in [0, 0.1) is 0 Å². The Kier molecular flexibility index (Phi) is 4.68. The lowest BCUT2D eigenvalue weighted by Gasteiger charge is -2.25. The van der Waals surface area contributed by atoms with Gasteiger partial charge in [-0.1, -0.05) is 6.92 Å². The Morgan fingerprint density at radius 2 is 2.56 bits per heavy atom. The zero-order valence-corrected chi connectivity index (χ0v) is 11.7. The van der Waals surface area contributed by atoms with Gasteiger partial charge >= 0.3 is 0 Å². The van der Waals surface area contributed by atoms with Crippen molar-refractivity contribution in [3.05, 3.63) is 11.1 Å². The van der Waals surface area contributed by atoms with Gasteiger partial charge in [-0.05, 0) is 19.5 Å². The molecular weight excluding hydrogens is 248 g/mol. The molecule has 1 aliphatic rings. The molecule has 0 aliphatic carbocycles. The number of hydrogen-bond donors (Lipinski definition) is 2. The number of aromatic nitrogens is 1. The maximum Gasteiger partial charge on any atom is 0.223 e. The van der Waals surface area contributed by atoms with Crippen molar-refractivity contribution in [2.24, 2.45) is 0 Å². The normalized spacial score (nSPS) is 19.4. The Bertz CT molecular complexity index is 401. The van der Waals surface area contributed by atoms with Gasteiger partial charge in [-0.3, -0.25) is 9.69 Å². The van der Waals surface area contributed by atoms with E-state index in [0.29, 0.717) is 11.2 Å². The average molecular weight is 268 g/mol. The molecule has 0 spiro atoms. The third-order valence-corrected chi connectivity index (χ3v) is 3.96. The fraction of sp³-hybridized carbons (Fsp3) is 0.667. The molecule has 2 N–H and O–H groups in total. The first kappa shape index (κ1) is 13.5. The quantitative estimate of drug-likeness (QED) is 0.845. The topological polar surface area (TPSA) is 57.3 Å². The number of anilines is 1. The standard InChI is InChI=1S/C12H20N4OS/c1-3-16(11-4-5-13-6-11)7-10-8-18-12(15-10)14-9(2)17/h8,11,13H,3-7H2,1-2H3,(H,14,15,17). The maximum absolute atomic E-state index is 10.9. The van der Waals surface area contributed by atoms with Crippen molar-refractivity contribution in [3.8, 4) is 0 Å². The number of hydrogen-bond acceptors (Lipinski definition) is 5. The highest BCUT2D eigenvalue weighted by molar-refractivity contribution is 7.13. The van der Waals surface area contributed by atoms with Crippen LogP contribution >= 0.6 is 11.3 Å². The number of carbonyl (C=O) groups is 1. The fourth-order valence-electron chi connectivity index (χ4n) is 2.25. The largest absolute Gasteiger partial charge is 0.315 e. The van der Waals surface area contributed by atoms with E-state index in [-0.39, 0.29) is 5.91 Å². The fourth-order valence-corrected chi connectivity index (χ4v) is 2.99. The van der Waals surface area contributed by atoms with Crippen molar-refractivity contribution in [2.75, 3.05) is 25.0 Å². The number of rotatable bonds is 5. The minimum atomic E-state index is -0.0664. The molecular formula is C12H20N4OS. The Labute approximate surface area is 112 Å². The molecule has 1 fully saturated rings. The molecule has 0 bridgehead atoms. The molecule has 1 aromatic rings. The number of carbonyl (C=O) groups excluding carboxylic acids is 1. The Hall–Kier alpha value is -0.980. The van der Waals surface area contributed by atoms with Gasteiger partial charge in [0.05, 0.1) is 5.69 Å². The number of nitrogens with one attached hydrogen (secondary N) is 2. The summed E-state index contributed by atoms with van der Waals surface area (Å²) >= 11 is 1.49. The predicted molar refractivity (Wildman–Crippen MR) is 73.8 cm³/mol. The van der Waals surface area contributed by atoms with Crippen LogP contribution in [0.15, 0.2) is 5.38 Å². The summed E-state index contributed by atoms with van der Waals surface area (Å²) in [5.41, 5.74) is 1.04. The van der Waals surface area contributed by atoms with E-state index in [4.69, 9.17) is 0 Å². The van der Waals surface area contributed by atoms with E-state index in [9.17, 15) is 4.79 Å². The van der Waals surface area contributed by atoms with Crippen LogP contribution < -0.4 is 10.6 Å². The van der Waals surface area contributed by atoms with E-state index >= 15 is 0 Å². The molecule has 2 rings (SSSR count). The minimum absolute atomic E-state index is 0.0664. The predicted octanol–water partition coefficient (Wildman–Crippen LogP) is 1.29. The van der Waals surface area contributed by atoms with Crippen LogP contribution in [0.5, 0.6) is 0 Å². The molecule has 18 heavy (non-hydrogen) atoms. The zero-order chi connectivity index (χ0) is 13.0. The number of thiazole rings is 1. The lowest BCUT2D eigenvalue weighted by molar-refractivity contribution is -0.114. The molecule has 1 aliphatic heterocycles. The molecule has 0 aromatic carbocycles. The van der Waals surface area contributed by atoms with E-state index in [1.54, 1.807) is 0 Å². The Balaban J connectivity index is 1.94. The highest BCUT2D eigenvalue weighted by atomic mass is 32.1. The van der Waals surface area contributed by atoms with Gasteiger partial charge in [-0.15, -0.1) is 11.3 Å². The second-order valence-corrected chi connectivity index (χ2v) is 5.39. The van der Waals surface area contributed by atoms with Crippen LogP contribution in [0.2, 0.25) is 0 Å².